The fraction of sp³-hybridized carbons (Fsp3) is 0.667. The van der Waals surface area contributed by atoms with Crippen molar-refractivity contribution in [2.45, 2.75) is 58.6 Å². The number of carbonyl (C=O) groups excluding carboxylic acids is 1. The normalized spacial score (nSPS) is 32.6. The minimum Gasteiger partial charge on any atom is -0.461 e. The summed E-state index contributed by atoms with van der Waals surface area (Å²) in [4.78, 5) is 14.7. The molecule has 0 bridgehead atoms. The molecule has 24 heavy (non-hydrogen) atoms. The molecule has 1 aliphatic carbocycles. The molecular weight excluding hydrogens is 298 g/mol. The van der Waals surface area contributed by atoms with E-state index in [-0.39, 0.29) is 18.1 Å². The number of esters is 1. The van der Waals surface area contributed by atoms with Gasteiger partial charge in [-0.1, -0.05) is 57.5 Å². The summed E-state index contributed by atoms with van der Waals surface area (Å²) in [6.45, 7) is 8.59. The Morgan fingerprint density at radius 2 is 2.00 bits per heavy atom. The minimum atomic E-state index is -0.00115. The zero-order valence-electron chi connectivity index (χ0n) is 15.3. The Balaban J connectivity index is 1.47. The smallest absolute Gasteiger partial charge is 0.324 e. The van der Waals surface area contributed by atoms with Crippen molar-refractivity contribution in [2.24, 2.45) is 17.8 Å². The molecule has 0 aromatic heterocycles. The third kappa shape index (κ3) is 4.38. The second-order valence-corrected chi connectivity index (χ2v) is 8.05. The Kier molecular flexibility index (Phi) is 5.60. The summed E-state index contributed by atoms with van der Waals surface area (Å²) >= 11 is 0. The zero-order chi connectivity index (χ0) is 17.1. The molecule has 132 valence electrons. The Labute approximate surface area is 146 Å². The highest BCUT2D eigenvalue weighted by Crippen LogP contribution is 2.36. The van der Waals surface area contributed by atoms with Gasteiger partial charge >= 0.3 is 5.97 Å². The lowest BCUT2D eigenvalue weighted by Gasteiger charge is -2.36. The Morgan fingerprint density at radius 1 is 1.25 bits per heavy atom. The van der Waals surface area contributed by atoms with Crippen LogP contribution in [0.3, 0.4) is 0 Å². The van der Waals surface area contributed by atoms with Crippen LogP contribution in [0, 0.1) is 17.8 Å². The van der Waals surface area contributed by atoms with Gasteiger partial charge in [0, 0.05) is 13.1 Å². The molecule has 0 N–H and O–H groups in total. The summed E-state index contributed by atoms with van der Waals surface area (Å²) in [5.41, 5.74) is 1.33. The number of ether oxygens (including phenoxy) is 1. The average molecular weight is 329 g/mol. The van der Waals surface area contributed by atoms with Gasteiger partial charge in [0.2, 0.25) is 0 Å². The van der Waals surface area contributed by atoms with Crippen LogP contribution in [0.2, 0.25) is 0 Å². The highest BCUT2D eigenvalue weighted by molar-refractivity contribution is 5.79. The fourth-order valence-corrected chi connectivity index (χ4v) is 4.04. The number of rotatable bonds is 6. The molecule has 1 heterocycles. The standard InChI is InChI=1S/C21H31NO2/c1-15(2)18-10-9-16(3)13-20(18)24-21(23)19-14-22(19)12-11-17-7-5-4-6-8-17/h4-8,15-16,18-20H,9-14H2,1-3H3/t16?,18?,19-,20?,22?/m1/s1. The summed E-state index contributed by atoms with van der Waals surface area (Å²) in [7, 11) is 0. The van der Waals surface area contributed by atoms with Crippen molar-refractivity contribution in [3.63, 3.8) is 0 Å². The number of hydrogen-bond donors (Lipinski definition) is 0. The second kappa shape index (κ2) is 7.69. The predicted molar refractivity (Wildman–Crippen MR) is 96.7 cm³/mol. The van der Waals surface area contributed by atoms with E-state index in [0.717, 1.165) is 25.9 Å². The third-order valence-corrected chi connectivity index (χ3v) is 5.75. The minimum absolute atomic E-state index is 0.00115. The second-order valence-electron chi connectivity index (χ2n) is 8.05. The van der Waals surface area contributed by atoms with Crippen molar-refractivity contribution in [1.29, 1.82) is 0 Å². The van der Waals surface area contributed by atoms with Crippen LogP contribution >= 0.6 is 0 Å². The Hall–Kier alpha value is -1.35. The van der Waals surface area contributed by atoms with E-state index >= 15 is 0 Å². The van der Waals surface area contributed by atoms with Gasteiger partial charge in [0.25, 0.3) is 0 Å². The van der Waals surface area contributed by atoms with Crippen LogP contribution in [0.25, 0.3) is 0 Å². The fourth-order valence-electron chi connectivity index (χ4n) is 4.04. The molecule has 2 fully saturated rings. The molecule has 1 aromatic carbocycles. The van der Waals surface area contributed by atoms with Gasteiger partial charge in [-0.2, -0.15) is 0 Å². The lowest BCUT2D eigenvalue weighted by atomic mass is 9.75. The number of nitrogens with zero attached hydrogens (tertiary/aromatic N) is 1. The first-order valence-corrected chi connectivity index (χ1v) is 9.53. The van der Waals surface area contributed by atoms with E-state index in [1.54, 1.807) is 0 Å². The summed E-state index contributed by atoms with van der Waals surface area (Å²) in [5, 5.41) is 0. The first-order chi connectivity index (χ1) is 11.5. The van der Waals surface area contributed by atoms with Gasteiger partial charge in [-0.05, 0) is 42.6 Å². The summed E-state index contributed by atoms with van der Waals surface area (Å²) < 4.78 is 5.96. The van der Waals surface area contributed by atoms with Gasteiger partial charge in [-0.3, -0.25) is 9.69 Å². The molecule has 3 heteroatoms. The van der Waals surface area contributed by atoms with Crippen LogP contribution in [-0.4, -0.2) is 36.1 Å². The lowest BCUT2D eigenvalue weighted by Crippen LogP contribution is -2.37. The largest absolute Gasteiger partial charge is 0.461 e. The Bertz CT molecular complexity index is 542. The summed E-state index contributed by atoms with van der Waals surface area (Å²) in [6, 6.07) is 10.5. The van der Waals surface area contributed by atoms with Crippen molar-refractivity contribution in [2.75, 3.05) is 13.1 Å². The molecule has 5 atom stereocenters. The van der Waals surface area contributed by atoms with Crippen LogP contribution in [0.5, 0.6) is 0 Å². The highest BCUT2D eigenvalue weighted by atomic mass is 16.5. The van der Waals surface area contributed by atoms with Crippen molar-refractivity contribution >= 4 is 5.97 Å². The molecule has 1 aromatic rings. The van der Waals surface area contributed by atoms with Crippen LogP contribution in [0.1, 0.15) is 45.6 Å². The molecule has 0 amide bonds. The van der Waals surface area contributed by atoms with Gasteiger partial charge in [0.05, 0.1) is 0 Å². The molecule has 0 radical (unpaired) electrons. The summed E-state index contributed by atoms with van der Waals surface area (Å²) in [6.07, 6.45) is 4.62. The van der Waals surface area contributed by atoms with Crippen LogP contribution in [0.15, 0.2) is 30.3 Å². The molecule has 3 nitrogen and oxygen atoms in total. The van der Waals surface area contributed by atoms with Crippen molar-refractivity contribution in [3.8, 4) is 0 Å². The topological polar surface area (TPSA) is 29.3 Å². The zero-order valence-corrected chi connectivity index (χ0v) is 15.3. The van der Waals surface area contributed by atoms with Crippen molar-refractivity contribution in [3.05, 3.63) is 35.9 Å². The number of benzene rings is 1. The first-order valence-electron chi connectivity index (χ1n) is 9.53. The van der Waals surface area contributed by atoms with Gasteiger partial charge in [-0.25, -0.2) is 0 Å². The number of hydrogen-bond acceptors (Lipinski definition) is 3. The van der Waals surface area contributed by atoms with E-state index < -0.39 is 0 Å². The van der Waals surface area contributed by atoms with E-state index in [1.165, 1.54) is 18.4 Å². The maximum atomic E-state index is 12.5. The third-order valence-electron chi connectivity index (χ3n) is 5.75. The highest BCUT2D eigenvalue weighted by Gasteiger charge is 2.43. The number of carbonyl (C=O) groups is 1. The Morgan fingerprint density at radius 3 is 2.71 bits per heavy atom. The van der Waals surface area contributed by atoms with Gasteiger partial charge in [-0.15, -0.1) is 0 Å². The quantitative estimate of drug-likeness (QED) is 0.585. The van der Waals surface area contributed by atoms with E-state index in [1.807, 2.05) is 6.07 Å². The molecule has 1 saturated heterocycles. The maximum absolute atomic E-state index is 12.5. The van der Waals surface area contributed by atoms with Gasteiger partial charge < -0.3 is 4.74 Å². The van der Waals surface area contributed by atoms with Gasteiger partial charge in [0.1, 0.15) is 12.1 Å². The van der Waals surface area contributed by atoms with Crippen LogP contribution in [0.4, 0.5) is 0 Å². The lowest BCUT2D eigenvalue weighted by molar-refractivity contribution is -0.156. The molecule has 1 aliphatic heterocycles. The monoisotopic (exact) mass is 329 g/mol. The van der Waals surface area contributed by atoms with Crippen LogP contribution < -0.4 is 0 Å². The van der Waals surface area contributed by atoms with Crippen molar-refractivity contribution in [1.82, 2.24) is 4.90 Å². The van der Waals surface area contributed by atoms with E-state index in [2.05, 4.69) is 49.9 Å². The van der Waals surface area contributed by atoms with Gasteiger partial charge in [0.15, 0.2) is 0 Å². The molecule has 3 rings (SSSR count). The van der Waals surface area contributed by atoms with Crippen molar-refractivity contribution < 1.29 is 9.53 Å². The van der Waals surface area contributed by atoms with E-state index in [0.29, 0.717) is 17.8 Å². The van der Waals surface area contributed by atoms with E-state index in [9.17, 15) is 4.79 Å². The first kappa shape index (κ1) is 17.5. The molecule has 0 spiro atoms. The molecule has 2 aliphatic rings. The average Bonchev–Trinajstić information content (AvgIpc) is 3.33. The van der Waals surface area contributed by atoms with E-state index in [4.69, 9.17) is 4.74 Å². The predicted octanol–water partition coefficient (Wildman–Crippen LogP) is 3.92. The molecule has 1 saturated carbocycles. The molecular formula is C21H31NO2. The molecule has 4 unspecified atom stereocenters. The maximum Gasteiger partial charge on any atom is 0.324 e. The summed E-state index contributed by atoms with van der Waals surface area (Å²) in [5.74, 6) is 1.80. The van der Waals surface area contributed by atoms with Crippen LogP contribution in [-0.2, 0) is 16.0 Å². The SMILES string of the molecule is CC1CCC(C(C)C)C(OC(=O)[C@H]2CN2CCc2ccccc2)C1.